The number of carbonyl (C=O) groups is 1. The standard InChI is InChI=1S/C14H21NO/c1-5-14(15,6-2)13(16)12-9-7-8-10(3)11(12)4/h7-9H,5-6,15H2,1-4H3. The maximum absolute atomic E-state index is 12.4. The molecule has 2 nitrogen and oxygen atoms in total. The molecule has 0 unspecified atom stereocenters. The average Bonchev–Trinajstić information content (AvgIpc) is 2.31. The van der Waals surface area contributed by atoms with Crippen molar-refractivity contribution in [1.82, 2.24) is 0 Å². The molecule has 0 aromatic heterocycles. The van der Waals surface area contributed by atoms with Gasteiger partial charge in [-0.1, -0.05) is 32.0 Å². The number of hydrogen-bond donors (Lipinski definition) is 1. The third-order valence-corrected chi connectivity index (χ3v) is 3.56. The summed E-state index contributed by atoms with van der Waals surface area (Å²) < 4.78 is 0. The monoisotopic (exact) mass is 219 g/mol. The minimum Gasteiger partial charge on any atom is -0.319 e. The van der Waals surface area contributed by atoms with Crippen LogP contribution in [0.5, 0.6) is 0 Å². The number of carbonyl (C=O) groups excluding carboxylic acids is 1. The van der Waals surface area contributed by atoms with E-state index >= 15 is 0 Å². The highest BCUT2D eigenvalue weighted by atomic mass is 16.1. The molecule has 0 amide bonds. The number of hydrogen-bond acceptors (Lipinski definition) is 2. The van der Waals surface area contributed by atoms with Crippen LogP contribution < -0.4 is 5.73 Å². The van der Waals surface area contributed by atoms with Gasteiger partial charge in [0, 0.05) is 5.56 Å². The number of nitrogens with two attached hydrogens (primary N) is 1. The lowest BCUT2D eigenvalue weighted by Crippen LogP contribution is -2.47. The number of benzene rings is 1. The normalized spacial score (nSPS) is 11.6. The molecular formula is C14H21NO. The molecule has 2 N–H and O–H groups in total. The molecule has 0 aliphatic rings. The third-order valence-electron chi connectivity index (χ3n) is 3.56. The summed E-state index contributed by atoms with van der Waals surface area (Å²) in [6.07, 6.45) is 1.35. The summed E-state index contributed by atoms with van der Waals surface area (Å²) in [5.74, 6) is 0.0682. The van der Waals surface area contributed by atoms with E-state index in [2.05, 4.69) is 0 Å². The highest BCUT2D eigenvalue weighted by Gasteiger charge is 2.31. The summed E-state index contributed by atoms with van der Waals surface area (Å²) in [6.45, 7) is 7.93. The molecule has 0 saturated carbocycles. The van der Waals surface area contributed by atoms with Crippen LogP contribution in [0.3, 0.4) is 0 Å². The van der Waals surface area contributed by atoms with Gasteiger partial charge in [0.05, 0.1) is 5.54 Å². The van der Waals surface area contributed by atoms with Crippen LogP contribution in [-0.2, 0) is 0 Å². The molecule has 1 aromatic carbocycles. The van der Waals surface area contributed by atoms with E-state index in [4.69, 9.17) is 5.73 Å². The summed E-state index contributed by atoms with van der Waals surface area (Å²) >= 11 is 0. The van der Waals surface area contributed by atoms with E-state index in [-0.39, 0.29) is 5.78 Å². The molecule has 88 valence electrons. The molecule has 0 aliphatic carbocycles. The Balaban J connectivity index is 3.19. The van der Waals surface area contributed by atoms with E-state index in [0.29, 0.717) is 12.8 Å². The molecular weight excluding hydrogens is 198 g/mol. The Hall–Kier alpha value is -1.15. The fourth-order valence-corrected chi connectivity index (χ4v) is 1.84. The van der Waals surface area contributed by atoms with Gasteiger partial charge in [-0.25, -0.2) is 0 Å². The van der Waals surface area contributed by atoms with Crippen LogP contribution in [0.1, 0.15) is 48.2 Å². The van der Waals surface area contributed by atoms with E-state index < -0.39 is 5.54 Å². The topological polar surface area (TPSA) is 43.1 Å². The number of ketones is 1. The average molecular weight is 219 g/mol. The van der Waals surface area contributed by atoms with Crippen molar-refractivity contribution in [3.8, 4) is 0 Å². The molecule has 0 heterocycles. The molecule has 0 bridgehead atoms. The van der Waals surface area contributed by atoms with Crippen molar-refractivity contribution >= 4 is 5.78 Å². The van der Waals surface area contributed by atoms with Crippen LogP contribution in [0.25, 0.3) is 0 Å². The first kappa shape index (κ1) is 12.9. The third kappa shape index (κ3) is 2.17. The van der Waals surface area contributed by atoms with Crippen LogP contribution in [0.4, 0.5) is 0 Å². The van der Waals surface area contributed by atoms with Gasteiger partial charge in [-0.3, -0.25) is 4.79 Å². The smallest absolute Gasteiger partial charge is 0.182 e. The molecule has 2 heteroatoms. The molecule has 0 saturated heterocycles. The van der Waals surface area contributed by atoms with E-state index in [1.54, 1.807) is 0 Å². The molecule has 1 aromatic rings. The van der Waals surface area contributed by atoms with Crippen LogP contribution in [-0.4, -0.2) is 11.3 Å². The summed E-state index contributed by atoms with van der Waals surface area (Å²) in [6, 6.07) is 5.81. The van der Waals surface area contributed by atoms with Crippen molar-refractivity contribution in [2.75, 3.05) is 0 Å². The highest BCUT2D eigenvalue weighted by molar-refractivity contribution is 6.04. The zero-order valence-electron chi connectivity index (χ0n) is 10.6. The van der Waals surface area contributed by atoms with Gasteiger partial charge in [0.15, 0.2) is 5.78 Å². The minimum absolute atomic E-state index is 0.0682. The number of Topliss-reactive ketones (excluding diaryl/α,β-unsaturated/α-hetero) is 1. The molecule has 0 spiro atoms. The molecule has 0 radical (unpaired) electrons. The zero-order valence-corrected chi connectivity index (χ0v) is 10.6. The van der Waals surface area contributed by atoms with E-state index in [1.165, 1.54) is 0 Å². The van der Waals surface area contributed by atoms with E-state index in [1.807, 2.05) is 45.9 Å². The Bertz CT molecular complexity index is 392. The molecule has 1 rings (SSSR count). The fourth-order valence-electron chi connectivity index (χ4n) is 1.84. The lowest BCUT2D eigenvalue weighted by Gasteiger charge is -2.26. The summed E-state index contributed by atoms with van der Waals surface area (Å²) in [4.78, 5) is 12.4. The Morgan fingerprint density at radius 1 is 1.25 bits per heavy atom. The van der Waals surface area contributed by atoms with E-state index in [0.717, 1.165) is 16.7 Å². The first-order valence-electron chi connectivity index (χ1n) is 5.86. The van der Waals surface area contributed by atoms with Gasteiger partial charge in [0.25, 0.3) is 0 Å². The Labute approximate surface area is 97.9 Å². The number of aryl methyl sites for hydroxylation is 1. The van der Waals surface area contributed by atoms with Gasteiger partial charge in [0.2, 0.25) is 0 Å². The Morgan fingerprint density at radius 2 is 1.81 bits per heavy atom. The van der Waals surface area contributed by atoms with Crippen LogP contribution >= 0.6 is 0 Å². The summed E-state index contributed by atoms with van der Waals surface area (Å²) in [5.41, 5.74) is 8.39. The zero-order chi connectivity index (χ0) is 12.3. The summed E-state index contributed by atoms with van der Waals surface area (Å²) in [7, 11) is 0. The molecule has 0 aliphatic heterocycles. The van der Waals surface area contributed by atoms with Crippen LogP contribution in [0.15, 0.2) is 18.2 Å². The fraction of sp³-hybridized carbons (Fsp3) is 0.500. The molecule has 0 fully saturated rings. The van der Waals surface area contributed by atoms with Crippen LogP contribution in [0.2, 0.25) is 0 Å². The predicted octanol–water partition coefficient (Wildman–Crippen LogP) is 3.00. The van der Waals surface area contributed by atoms with Crippen molar-refractivity contribution < 1.29 is 4.79 Å². The lowest BCUT2D eigenvalue weighted by molar-refractivity contribution is 0.0879. The Kier molecular flexibility index (Phi) is 3.87. The van der Waals surface area contributed by atoms with Gasteiger partial charge in [0.1, 0.15) is 0 Å². The van der Waals surface area contributed by atoms with Crippen molar-refractivity contribution in [2.45, 2.75) is 46.1 Å². The van der Waals surface area contributed by atoms with Crippen molar-refractivity contribution in [3.05, 3.63) is 34.9 Å². The minimum atomic E-state index is -0.710. The maximum Gasteiger partial charge on any atom is 0.182 e. The number of rotatable bonds is 4. The van der Waals surface area contributed by atoms with E-state index in [9.17, 15) is 4.79 Å². The van der Waals surface area contributed by atoms with Gasteiger partial charge in [-0.2, -0.15) is 0 Å². The second kappa shape index (κ2) is 4.79. The van der Waals surface area contributed by atoms with Crippen molar-refractivity contribution in [2.24, 2.45) is 5.73 Å². The maximum atomic E-state index is 12.4. The highest BCUT2D eigenvalue weighted by Crippen LogP contribution is 2.22. The first-order valence-corrected chi connectivity index (χ1v) is 5.86. The largest absolute Gasteiger partial charge is 0.319 e. The quantitative estimate of drug-likeness (QED) is 0.791. The first-order chi connectivity index (χ1) is 7.46. The second-order valence-corrected chi connectivity index (χ2v) is 4.44. The van der Waals surface area contributed by atoms with Gasteiger partial charge in [-0.05, 0) is 37.8 Å². The molecule has 16 heavy (non-hydrogen) atoms. The van der Waals surface area contributed by atoms with Gasteiger partial charge in [-0.15, -0.1) is 0 Å². The van der Waals surface area contributed by atoms with Crippen molar-refractivity contribution in [3.63, 3.8) is 0 Å². The molecule has 0 atom stereocenters. The predicted molar refractivity (Wildman–Crippen MR) is 67.7 cm³/mol. The van der Waals surface area contributed by atoms with Gasteiger partial charge >= 0.3 is 0 Å². The SMILES string of the molecule is CCC(N)(CC)C(=O)c1cccc(C)c1C. The lowest BCUT2D eigenvalue weighted by atomic mass is 9.83. The van der Waals surface area contributed by atoms with Gasteiger partial charge < -0.3 is 5.73 Å². The van der Waals surface area contributed by atoms with Crippen molar-refractivity contribution in [1.29, 1.82) is 0 Å². The summed E-state index contributed by atoms with van der Waals surface area (Å²) in [5, 5.41) is 0. The second-order valence-electron chi connectivity index (χ2n) is 4.44. The Morgan fingerprint density at radius 3 is 2.31 bits per heavy atom. The van der Waals surface area contributed by atoms with Crippen LogP contribution in [0, 0.1) is 13.8 Å².